The molecule has 1 heterocycles. The lowest BCUT2D eigenvalue weighted by Gasteiger charge is -2.19. The van der Waals surface area contributed by atoms with Gasteiger partial charge in [0.2, 0.25) is 0 Å². The Labute approximate surface area is 112 Å². The molecule has 0 bridgehead atoms. The zero-order valence-corrected chi connectivity index (χ0v) is 10.9. The lowest BCUT2D eigenvalue weighted by atomic mass is 10.2. The second kappa shape index (κ2) is 5.39. The minimum atomic E-state index is -0.247. The molecule has 5 nitrogen and oxygen atoms in total. The van der Waals surface area contributed by atoms with E-state index in [0.29, 0.717) is 11.4 Å². The number of aryl methyl sites for hydroxylation is 1. The number of nitrogens with zero attached hydrogens (tertiary/aromatic N) is 2. The minimum absolute atomic E-state index is 0.247. The van der Waals surface area contributed by atoms with E-state index >= 15 is 0 Å². The molecular weight excluding hydrogens is 240 g/mol. The van der Waals surface area contributed by atoms with Crippen molar-refractivity contribution in [3.8, 4) is 0 Å². The summed E-state index contributed by atoms with van der Waals surface area (Å²) >= 11 is 0. The Hall–Kier alpha value is -2.56. The van der Waals surface area contributed by atoms with E-state index in [2.05, 4.69) is 10.3 Å². The van der Waals surface area contributed by atoms with E-state index in [1.54, 1.807) is 19.3 Å². The number of benzene rings is 1. The average Bonchev–Trinajstić information content (AvgIpc) is 2.38. The topological polar surface area (TPSA) is 71.2 Å². The van der Waals surface area contributed by atoms with Gasteiger partial charge < -0.3 is 11.1 Å². The Bertz CT molecular complexity index is 598. The van der Waals surface area contributed by atoms with Gasteiger partial charge in [0.15, 0.2) is 0 Å². The first kappa shape index (κ1) is 12.9. The molecule has 0 saturated carbocycles. The van der Waals surface area contributed by atoms with Crippen LogP contribution in [0.25, 0.3) is 0 Å². The smallest absolute Gasteiger partial charge is 0.326 e. The molecule has 5 heteroatoms. The number of nitrogens with two attached hydrogens (primary N) is 1. The van der Waals surface area contributed by atoms with Crippen LogP contribution < -0.4 is 16.0 Å². The molecule has 98 valence electrons. The van der Waals surface area contributed by atoms with Crippen molar-refractivity contribution in [2.24, 2.45) is 0 Å². The highest BCUT2D eigenvalue weighted by Gasteiger charge is 2.13. The zero-order chi connectivity index (χ0) is 13.8. The van der Waals surface area contributed by atoms with Crippen LogP contribution in [0.1, 0.15) is 5.56 Å². The van der Waals surface area contributed by atoms with Gasteiger partial charge in [0.05, 0.1) is 17.6 Å². The number of nitrogen functional groups attached to an aromatic ring is 1. The van der Waals surface area contributed by atoms with E-state index in [0.717, 1.165) is 11.3 Å². The largest absolute Gasteiger partial charge is 0.396 e. The molecule has 1 aromatic carbocycles. The summed E-state index contributed by atoms with van der Waals surface area (Å²) in [4.78, 5) is 17.5. The molecule has 3 N–H and O–H groups in total. The van der Waals surface area contributed by atoms with Crippen molar-refractivity contribution in [2.45, 2.75) is 6.92 Å². The number of nitrogens with one attached hydrogen (secondary N) is 1. The lowest BCUT2D eigenvalue weighted by Crippen LogP contribution is -2.31. The predicted octanol–water partition coefficient (Wildman–Crippen LogP) is 2.64. The highest BCUT2D eigenvalue weighted by molar-refractivity contribution is 6.03. The summed E-state index contributed by atoms with van der Waals surface area (Å²) in [6, 6.07) is 9.07. The van der Waals surface area contributed by atoms with E-state index in [1.165, 1.54) is 11.1 Å². The molecule has 2 amide bonds. The fraction of sp³-hybridized carbons (Fsp3) is 0.143. The highest BCUT2D eigenvalue weighted by atomic mass is 16.2. The van der Waals surface area contributed by atoms with Crippen molar-refractivity contribution in [1.82, 2.24) is 4.98 Å². The third-order valence-electron chi connectivity index (χ3n) is 2.76. The maximum absolute atomic E-state index is 12.1. The molecule has 0 spiro atoms. The van der Waals surface area contributed by atoms with E-state index in [1.807, 2.05) is 31.2 Å². The van der Waals surface area contributed by atoms with Crippen molar-refractivity contribution in [2.75, 3.05) is 23.0 Å². The highest BCUT2D eigenvalue weighted by Crippen LogP contribution is 2.21. The first-order chi connectivity index (χ1) is 9.08. The molecule has 1 aromatic heterocycles. The number of rotatable bonds is 2. The maximum Gasteiger partial charge on any atom is 0.326 e. The Morgan fingerprint density at radius 3 is 2.84 bits per heavy atom. The van der Waals surface area contributed by atoms with Gasteiger partial charge in [-0.25, -0.2) is 4.79 Å². The number of carbonyl (C=O) groups is 1. The maximum atomic E-state index is 12.1. The van der Waals surface area contributed by atoms with Crippen LogP contribution in [0, 0.1) is 6.92 Å². The quantitative estimate of drug-likeness (QED) is 0.867. The van der Waals surface area contributed by atoms with Gasteiger partial charge in [-0.3, -0.25) is 9.88 Å². The molecule has 19 heavy (non-hydrogen) atoms. The fourth-order valence-electron chi connectivity index (χ4n) is 1.74. The number of pyridine rings is 1. The van der Waals surface area contributed by atoms with Gasteiger partial charge in [0.25, 0.3) is 0 Å². The van der Waals surface area contributed by atoms with E-state index in [9.17, 15) is 4.79 Å². The number of carbonyl (C=O) groups excluding carboxylic acids is 1. The van der Waals surface area contributed by atoms with Gasteiger partial charge in [-0.1, -0.05) is 12.1 Å². The van der Waals surface area contributed by atoms with Crippen LogP contribution >= 0.6 is 0 Å². The van der Waals surface area contributed by atoms with Crippen LogP contribution in [-0.4, -0.2) is 18.1 Å². The number of anilines is 3. The summed E-state index contributed by atoms with van der Waals surface area (Å²) in [5, 5.41) is 2.82. The molecule has 0 unspecified atom stereocenters. The fourth-order valence-corrected chi connectivity index (χ4v) is 1.74. The third kappa shape index (κ3) is 3.01. The number of amides is 2. The molecule has 0 fully saturated rings. The second-order valence-corrected chi connectivity index (χ2v) is 4.29. The molecular formula is C14H16N4O. The van der Waals surface area contributed by atoms with Gasteiger partial charge >= 0.3 is 6.03 Å². The number of hydrogen-bond acceptors (Lipinski definition) is 3. The first-order valence-corrected chi connectivity index (χ1v) is 5.89. The van der Waals surface area contributed by atoms with Crippen LogP contribution in [0.15, 0.2) is 42.7 Å². The van der Waals surface area contributed by atoms with Crippen molar-refractivity contribution in [1.29, 1.82) is 0 Å². The molecule has 0 aliphatic heterocycles. The minimum Gasteiger partial charge on any atom is -0.396 e. The lowest BCUT2D eigenvalue weighted by molar-refractivity contribution is 0.258. The first-order valence-electron chi connectivity index (χ1n) is 5.89. The van der Waals surface area contributed by atoms with Crippen LogP contribution in [0.4, 0.5) is 21.9 Å². The summed E-state index contributed by atoms with van der Waals surface area (Å²) in [6.07, 6.45) is 3.12. The van der Waals surface area contributed by atoms with Crippen molar-refractivity contribution < 1.29 is 4.79 Å². The molecule has 2 aromatic rings. The third-order valence-corrected chi connectivity index (χ3v) is 2.76. The van der Waals surface area contributed by atoms with Crippen LogP contribution in [0.5, 0.6) is 0 Å². The average molecular weight is 256 g/mol. The standard InChI is InChI=1S/C14H16N4O/c1-10-4-3-5-11(8-10)17-14(19)18(2)13-6-7-16-9-12(13)15/h3-9H,15H2,1-2H3,(H,17,19). The van der Waals surface area contributed by atoms with Gasteiger partial charge in [0, 0.05) is 18.9 Å². The van der Waals surface area contributed by atoms with Gasteiger partial charge in [0.1, 0.15) is 0 Å². The monoisotopic (exact) mass is 256 g/mol. The Balaban J connectivity index is 2.14. The normalized spacial score (nSPS) is 10.0. The molecule has 0 atom stereocenters. The molecule has 2 rings (SSSR count). The van der Waals surface area contributed by atoms with E-state index < -0.39 is 0 Å². The SMILES string of the molecule is Cc1cccc(NC(=O)N(C)c2ccncc2N)c1. The Morgan fingerprint density at radius 1 is 1.37 bits per heavy atom. The molecule has 0 aliphatic rings. The second-order valence-electron chi connectivity index (χ2n) is 4.29. The van der Waals surface area contributed by atoms with Crippen molar-refractivity contribution >= 4 is 23.1 Å². The predicted molar refractivity (Wildman–Crippen MR) is 77.3 cm³/mol. The number of hydrogen-bond donors (Lipinski definition) is 2. The Morgan fingerprint density at radius 2 is 2.16 bits per heavy atom. The van der Waals surface area contributed by atoms with Crippen LogP contribution in [-0.2, 0) is 0 Å². The molecule has 0 saturated heterocycles. The molecule has 0 radical (unpaired) electrons. The van der Waals surface area contributed by atoms with E-state index in [4.69, 9.17) is 5.73 Å². The number of aromatic nitrogens is 1. The summed E-state index contributed by atoms with van der Waals surface area (Å²) in [6.45, 7) is 1.97. The van der Waals surface area contributed by atoms with Crippen molar-refractivity contribution in [3.63, 3.8) is 0 Å². The van der Waals surface area contributed by atoms with Crippen LogP contribution in [0.2, 0.25) is 0 Å². The zero-order valence-electron chi connectivity index (χ0n) is 10.9. The van der Waals surface area contributed by atoms with Crippen LogP contribution in [0.3, 0.4) is 0 Å². The van der Waals surface area contributed by atoms with Gasteiger partial charge in [-0.2, -0.15) is 0 Å². The molecule has 0 aliphatic carbocycles. The van der Waals surface area contributed by atoms with E-state index in [-0.39, 0.29) is 6.03 Å². The Kier molecular flexibility index (Phi) is 3.66. The number of urea groups is 1. The summed E-state index contributed by atoms with van der Waals surface area (Å²) in [5.41, 5.74) is 8.72. The van der Waals surface area contributed by atoms with Crippen molar-refractivity contribution in [3.05, 3.63) is 48.3 Å². The summed E-state index contributed by atoms with van der Waals surface area (Å²) in [5.74, 6) is 0. The van der Waals surface area contributed by atoms with Gasteiger partial charge in [-0.05, 0) is 30.7 Å². The summed E-state index contributed by atoms with van der Waals surface area (Å²) in [7, 11) is 1.66. The summed E-state index contributed by atoms with van der Waals surface area (Å²) < 4.78 is 0. The van der Waals surface area contributed by atoms with Gasteiger partial charge in [-0.15, -0.1) is 0 Å².